The van der Waals surface area contributed by atoms with E-state index in [1.807, 2.05) is 12.1 Å². The van der Waals surface area contributed by atoms with Gasteiger partial charge in [0.1, 0.15) is 17.4 Å². The van der Waals surface area contributed by atoms with E-state index in [1.165, 1.54) is 25.7 Å². The molecule has 1 aliphatic heterocycles. The predicted octanol–water partition coefficient (Wildman–Crippen LogP) is 3.62. The number of rotatable bonds is 5. The van der Waals surface area contributed by atoms with Crippen LogP contribution in [0.4, 0.5) is 5.13 Å². The van der Waals surface area contributed by atoms with Gasteiger partial charge in [0.25, 0.3) is 0 Å². The van der Waals surface area contributed by atoms with Crippen molar-refractivity contribution in [2.24, 2.45) is 5.92 Å². The van der Waals surface area contributed by atoms with Crippen LogP contribution in [0.25, 0.3) is 10.2 Å². The molecule has 0 radical (unpaired) electrons. The quantitative estimate of drug-likeness (QED) is 0.774. The number of esters is 1. The van der Waals surface area contributed by atoms with Crippen LogP contribution in [0.2, 0.25) is 0 Å². The van der Waals surface area contributed by atoms with Crippen molar-refractivity contribution in [2.75, 3.05) is 25.1 Å². The zero-order valence-electron chi connectivity index (χ0n) is 13.9. The number of carbonyl (C=O) groups excluding carboxylic acids is 1. The molecule has 2 heterocycles. The maximum absolute atomic E-state index is 12.0. The average Bonchev–Trinajstić information content (AvgIpc) is 3.18. The van der Waals surface area contributed by atoms with Crippen LogP contribution >= 0.6 is 11.3 Å². The zero-order chi connectivity index (χ0) is 16.5. The fourth-order valence-corrected chi connectivity index (χ4v) is 4.57. The monoisotopic (exact) mass is 346 g/mol. The number of para-hydroxylation sites is 1. The Balaban J connectivity index is 1.33. The van der Waals surface area contributed by atoms with Crippen molar-refractivity contribution in [3.8, 4) is 5.75 Å². The lowest BCUT2D eigenvalue weighted by atomic mass is 10.0. The number of aromatic nitrogens is 1. The number of ether oxygens (including phenoxy) is 2. The Hall–Kier alpha value is -1.82. The number of hydrogen-bond donors (Lipinski definition) is 0. The summed E-state index contributed by atoms with van der Waals surface area (Å²) in [6.07, 6.45) is 5.48. The van der Waals surface area contributed by atoms with Gasteiger partial charge in [-0.05, 0) is 30.9 Å². The van der Waals surface area contributed by atoms with Gasteiger partial charge in [-0.3, -0.25) is 4.79 Å². The minimum absolute atomic E-state index is 0.00723. The Kier molecular flexibility index (Phi) is 4.31. The van der Waals surface area contributed by atoms with Crippen LogP contribution in [-0.4, -0.2) is 37.3 Å². The lowest BCUT2D eigenvalue weighted by molar-refractivity contribution is -0.151. The Morgan fingerprint density at radius 2 is 2.12 bits per heavy atom. The van der Waals surface area contributed by atoms with E-state index in [-0.39, 0.29) is 12.1 Å². The van der Waals surface area contributed by atoms with Crippen LogP contribution in [0.15, 0.2) is 18.2 Å². The van der Waals surface area contributed by atoms with Gasteiger partial charge in [0, 0.05) is 6.42 Å². The standard InChI is InChI=1S/C18H22N2O3S/c1-22-14-7-4-8-15-17(14)19-18(24-15)20-10-13(11-20)23-16(21)9-12-5-2-3-6-12/h4,7-8,12-13H,2-3,5-6,9-11H2,1H3. The molecule has 0 spiro atoms. The van der Waals surface area contributed by atoms with Crippen molar-refractivity contribution in [2.45, 2.75) is 38.2 Å². The summed E-state index contributed by atoms with van der Waals surface area (Å²) in [5.74, 6) is 1.32. The van der Waals surface area contributed by atoms with Gasteiger partial charge in [0.05, 0.1) is 24.9 Å². The van der Waals surface area contributed by atoms with Crippen molar-refractivity contribution in [1.29, 1.82) is 0 Å². The second-order valence-electron chi connectivity index (χ2n) is 6.67. The second-order valence-corrected chi connectivity index (χ2v) is 7.68. The molecule has 2 aromatic rings. The van der Waals surface area contributed by atoms with E-state index >= 15 is 0 Å². The summed E-state index contributed by atoms with van der Waals surface area (Å²) in [5, 5.41) is 0.970. The van der Waals surface area contributed by atoms with Crippen LogP contribution in [0.1, 0.15) is 32.1 Å². The van der Waals surface area contributed by atoms with E-state index in [4.69, 9.17) is 9.47 Å². The number of nitrogens with zero attached hydrogens (tertiary/aromatic N) is 2. The minimum Gasteiger partial charge on any atom is -0.494 e. The molecule has 0 atom stereocenters. The Bertz CT molecular complexity index is 733. The van der Waals surface area contributed by atoms with E-state index in [1.54, 1.807) is 18.4 Å². The molecule has 6 heteroatoms. The maximum atomic E-state index is 12.0. The second kappa shape index (κ2) is 6.59. The molecule has 128 valence electrons. The van der Waals surface area contributed by atoms with Crippen molar-refractivity contribution in [3.63, 3.8) is 0 Å². The van der Waals surface area contributed by atoms with Gasteiger partial charge in [-0.2, -0.15) is 0 Å². The van der Waals surface area contributed by atoms with Gasteiger partial charge in [0.2, 0.25) is 0 Å². The van der Waals surface area contributed by atoms with Gasteiger partial charge in [-0.15, -0.1) is 0 Å². The van der Waals surface area contributed by atoms with Crippen LogP contribution < -0.4 is 9.64 Å². The molecule has 2 aliphatic rings. The first-order valence-electron chi connectivity index (χ1n) is 8.61. The molecular formula is C18H22N2O3S. The molecule has 5 nitrogen and oxygen atoms in total. The van der Waals surface area contributed by atoms with Crippen molar-refractivity contribution in [1.82, 2.24) is 4.98 Å². The number of hydrogen-bond acceptors (Lipinski definition) is 6. The summed E-state index contributed by atoms with van der Waals surface area (Å²) in [6.45, 7) is 1.47. The summed E-state index contributed by atoms with van der Waals surface area (Å²) < 4.78 is 12.1. The molecule has 4 rings (SSSR count). The molecule has 1 aliphatic carbocycles. The largest absolute Gasteiger partial charge is 0.494 e. The van der Waals surface area contributed by atoms with Gasteiger partial charge in [-0.25, -0.2) is 4.98 Å². The Labute approximate surface area is 145 Å². The third-order valence-corrected chi connectivity index (χ3v) is 6.02. The Morgan fingerprint density at radius 1 is 1.33 bits per heavy atom. The first kappa shape index (κ1) is 15.7. The number of thiazole rings is 1. The highest BCUT2D eigenvalue weighted by Crippen LogP contribution is 2.36. The smallest absolute Gasteiger partial charge is 0.306 e. The van der Waals surface area contributed by atoms with Gasteiger partial charge >= 0.3 is 5.97 Å². The van der Waals surface area contributed by atoms with Crippen LogP contribution in [0, 0.1) is 5.92 Å². The van der Waals surface area contributed by atoms with Crippen LogP contribution in [0.5, 0.6) is 5.75 Å². The number of anilines is 1. The van der Waals surface area contributed by atoms with Crippen LogP contribution in [0.3, 0.4) is 0 Å². The normalized spacial score (nSPS) is 18.8. The molecule has 1 saturated heterocycles. The van der Waals surface area contributed by atoms with Gasteiger partial charge in [0.15, 0.2) is 5.13 Å². The maximum Gasteiger partial charge on any atom is 0.306 e. The molecule has 0 amide bonds. The molecular weight excluding hydrogens is 324 g/mol. The third kappa shape index (κ3) is 3.07. The van der Waals surface area contributed by atoms with E-state index in [9.17, 15) is 4.79 Å². The van der Waals surface area contributed by atoms with Crippen molar-refractivity contribution < 1.29 is 14.3 Å². The number of carbonyl (C=O) groups is 1. The molecule has 1 aromatic carbocycles. The lowest BCUT2D eigenvalue weighted by Gasteiger charge is -2.38. The van der Waals surface area contributed by atoms with E-state index in [0.29, 0.717) is 12.3 Å². The minimum atomic E-state index is -0.0301. The average molecular weight is 346 g/mol. The van der Waals surface area contributed by atoms with E-state index in [2.05, 4.69) is 16.0 Å². The van der Waals surface area contributed by atoms with E-state index < -0.39 is 0 Å². The Morgan fingerprint density at radius 3 is 2.88 bits per heavy atom. The number of benzene rings is 1. The molecule has 2 fully saturated rings. The van der Waals surface area contributed by atoms with Gasteiger partial charge in [-0.1, -0.05) is 30.2 Å². The SMILES string of the molecule is COc1cccc2sc(N3CC(OC(=O)CC4CCCC4)C3)nc12. The highest BCUT2D eigenvalue weighted by Gasteiger charge is 2.33. The summed E-state index contributed by atoms with van der Waals surface area (Å²) in [7, 11) is 1.66. The molecule has 24 heavy (non-hydrogen) atoms. The summed E-state index contributed by atoms with van der Waals surface area (Å²) in [6, 6.07) is 5.96. The topological polar surface area (TPSA) is 51.7 Å². The van der Waals surface area contributed by atoms with Gasteiger partial charge < -0.3 is 14.4 Å². The molecule has 0 unspecified atom stereocenters. The first-order chi connectivity index (χ1) is 11.7. The fraction of sp³-hybridized carbons (Fsp3) is 0.556. The van der Waals surface area contributed by atoms with Crippen molar-refractivity contribution >= 4 is 32.7 Å². The summed E-state index contributed by atoms with van der Waals surface area (Å²) >= 11 is 1.65. The third-order valence-electron chi connectivity index (χ3n) is 4.94. The number of methoxy groups -OCH3 is 1. The lowest BCUT2D eigenvalue weighted by Crippen LogP contribution is -2.53. The fourth-order valence-electron chi connectivity index (χ4n) is 3.56. The predicted molar refractivity (Wildman–Crippen MR) is 94.8 cm³/mol. The highest BCUT2D eigenvalue weighted by molar-refractivity contribution is 7.22. The number of fused-ring (bicyclic) bond motifs is 1. The zero-order valence-corrected chi connectivity index (χ0v) is 14.7. The van der Waals surface area contributed by atoms with E-state index in [0.717, 1.165) is 34.2 Å². The summed E-state index contributed by atoms with van der Waals surface area (Å²) in [4.78, 5) is 18.8. The molecule has 0 N–H and O–H groups in total. The molecule has 0 bridgehead atoms. The van der Waals surface area contributed by atoms with Crippen LogP contribution in [-0.2, 0) is 9.53 Å². The van der Waals surface area contributed by atoms with Crippen molar-refractivity contribution in [3.05, 3.63) is 18.2 Å². The molecule has 1 saturated carbocycles. The first-order valence-corrected chi connectivity index (χ1v) is 9.42. The summed E-state index contributed by atoms with van der Waals surface area (Å²) in [5.41, 5.74) is 0.904. The highest BCUT2D eigenvalue weighted by atomic mass is 32.1. The molecule has 1 aromatic heterocycles.